The second-order valence-electron chi connectivity index (χ2n) is 6.95. The van der Waals surface area contributed by atoms with Gasteiger partial charge < -0.3 is 14.8 Å². The summed E-state index contributed by atoms with van der Waals surface area (Å²) in [6.45, 7) is 6.58. The van der Waals surface area contributed by atoms with E-state index in [4.69, 9.17) is 15.2 Å². The molecular weight excluding hydrogens is 357 g/mol. The van der Waals surface area contributed by atoms with Gasteiger partial charge in [-0.15, -0.1) is 0 Å². The number of rotatable bonds is 5. The van der Waals surface area contributed by atoms with Gasteiger partial charge in [-0.2, -0.15) is 0 Å². The van der Waals surface area contributed by atoms with Crippen molar-refractivity contribution in [2.45, 2.75) is 40.2 Å². The van der Waals surface area contributed by atoms with Crippen LogP contribution in [0.15, 0.2) is 34.9 Å². The van der Waals surface area contributed by atoms with E-state index in [0.717, 1.165) is 46.5 Å². The molecule has 28 heavy (non-hydrogen) atoms. The third-order valence-electron chi connectivity index (χ3n) is 4.96. The van der Waals surface area contributed by atoms with E-state index in [9.17, 15) is 4.39 Å². The molecule has 0 atom stereocenters. The summed E-state index contributed by atoms with van der Waals surface area (Å²) in [5.74, 6) is 1.81. The predicted octanol–water partition coefficient (Wildman–Crippen LogP) is 4.43. The number of nitrogen functional groups attached to an aromatic ring is 1. The van der Waals surface area contributed by atoms with E-state index in [1.807, 2.05) is 19.9 Å². The summed E-state index contributed by atoms with van der Waals surface area (Å²) in [5, 5.41) is 4.14. The normalized spacial score (nSPS) is 11.4. The Morgan fingerprint density at radius 2 is 1.89 bits per heavy atom. The number of halogens is 1. The summed E-state index contributed by atoms with van der Waals surface area (Å²) in [4.78, 5) is 9.16. The van der Waals surface area contributed by atoms with Gasteiger partial charge >= 0.3 is 0 Å². The van der Waals surface area contributed by atoms with Crippen LogP contribution in [-0.2, 0) is 13.0 Å². The standard InChI is InChI=1S/C21H22FN5O/c1-4-5-18-25-19-20(12(2)13(3)24-21(19)23)27(18)11-16-10-17(26-28-16)14-6-8-15(22)9-7-14/h6-10H,4-5,11H2,1-3H3,(H2,23,24). The van der Waals surface area contributed by atoms with E-state index < -0.39 is 0 Å². The van der Waals surface area contributed by atoms with Gasteiger partial charge in [-0.3, -0.25) is 0 Å². The molecule has 0 unspecified atom stereocenters. The maximum absolute atomic E-state index is 13.2. The van der Waals surface area contributed by atoms with Crippen LogP contribution in [0, 0.1) is 19.7 Å². The van der Waals surface area contributed by atoms with Gasteiger partial charge in [0.2, 0.25) is 0 Å². The molecule has 0 fully saturated rings. The Bertz CT molecular complexity index is 1140. The van der Waals surface area contributed by atoms with Crippen molar-refractivity contribution in [1.82, 2.24) is 19.7 Å². The molecule has 0 saturated carbocycles. The molecule has 4 aromatic rings. The van der Waals surface area contributed by atoms with Crippen LogP contribution >= 0.6 is 0 Å². The fourth-order valence-electron chi connectivity index (χ4n) is 3.43. The minimum atomic E-state index is -0.279. The van der Waals surface area contributed by atoms with E-state index in [0.29, 0.717) is 23.8 Å². The van der Waals surface area contributed by atoms with Gasteiger partial charge in [0.15, 0.2) is 11.6 Å². The average Bonchev–Trinajstić information content (AvgIpc) is 3.27. The van der Waals surface area contributed by atoms with Crippen LogP contribution in [0.4, 0.5) is 10.2 Å². The Balaban J connectivity index is 1.77. The number of aromatic nitrogens is 4. The molecule has 0 aliphatic rings. The minimum Gasteiger partial charge on any atom is -0.382 e. The van der Waals surface area contributed by atoms with Gasteiger partial charge in [0.05, 0.1) is 12.1 Å². The monoisotopic (exact) mass is 379 g/mol. The molecule has 1 aromatic carbocycles. The molecule has 0 spiro atoms. The first kappa shape index (κ1) is 18.2. The number of pyridine rings is 1. The van der Waals surface area contributed by atoms with Crippen molar-refractivity contribution in [1.29, 1.82) is 0 Å². The third kappa shape index (κ3) is 3.13. The molecule has 0 aliphatic carbocycles. The topological polar surface area (TPSA) is 82.8 Å². The molecule has 3 heterocycles. The number of fused-ring (bicyclic) bond motifs is 1. The molecule has 0 saturated heterocycles. The van der Waals surface area contributed by atoms with E-state index in [1.165, 1.54) is 12.1 Å². The summed E-state index contributed by atoms with van der Waals surface area (Å²) < 4.78 is 20.9. The lowest BCUT2D eigenvalue weighted by Crippen LogP contribution is -2.06. The Labute approximate surface area is 162 Å². The van der Waals surface area contributed by atoms with Gasteiger partial charge in [-0.05, 0) is 50.1 Å². The quantitative estimate of drug-likeness (QED) is 0.555. The molecule has 0 amide bonds. The zero-order chi connectivity index (χ0) is 19.8. The maximum atomic E-state index is 13.2. The molecule has 2 N–H and O–H groups in total. The maximum Gasteiger partial charge on any atom is 0.157 e. The summed E-state index contributed by atoms with van der Waals surface area (Å²) in [6.07, 6.45) is 1.79. The fourth-order valence-corrected chi connectivity index (χ4v) is 3.43. The van der Waals surface area contributed by atoms with Crippen molar-refractivity contribution < 1.29 is 8.91 Å². The van der Waals surface area contributed by atoms with Crippen molar-refractivity contribution in [3.05, 3.63) is 59.0 Å². The molecule has 4 rings (SSSR count). The van der Waals surface area contributed by atoms with Crippen molar-refractivity contribution in [2.24, 2.45) is 0 Å². The zero-order valence-electron chi connectivity index (χ0n) is 16.2. The van der Waals surface area contributed by atoms with Crippen molar-refractivity contribution >= 4 is 16.9 Å². The summed E-state index contributed by atoms with van der Waals surface area (Å²) >= 11 is 0. The first-order valence-electron chi connectivity index (χ1n) is 9.31. The van der Waals surface area contributed by atoms with Gasteiger partial charge in [0.25, 0.3) is 0 Å². The third-order valence-corrected chi connectivity index (χ3v) is 4.96. The van der Waals surface area contributed by atoms with E-state index in [2.05, 4.69) is 21.6 Å². The lowest BCUT2D eigenvalue weighted by atomic mass is 10.1. The fraction of sp³-hybridized carbons (Fsp3) is 0.286. The van der Waals surface area contributed by atoms with Crippen molar-refractivity contribution in [3.63, 3.8) is 0 Å². The first-order chi connectivity index (χ1) is 13.5. The number of benzene rings is 1. The first-order valence-corrected chi connectivity index (χ1v) is 9.31. The lowest BCUT2D eigenvalue weighted by molar-refractivity contribution is 0.378. The molecule has 144 valence electrons. The van der Waals surface area contributed by atoms with Crippen LogP contribution in [0.25, 0.3) is 22.3 Å². The van der Waals surface area contributed by atoms with Crippen LogP contribution < -0.4 is 5.73 Å². The highest BCUT2D eigenvalue weighted by Gasteiger charge is 2.19. The van der Waals surface area contributed by atoms with Crippen LogP contribution in [-0.4, -0.2) is 19.7 Å². The summed E-state index contributed by atoms with van der Waals surface area (Å²) in [5.41, 5.74) is 11.3. The van der Waals surface area contributed by atoms with Crippen LogP contribution in [0.3, 0.4) is 0 Å². The number of hydrogen-bond acceptors (Lipinski definition) is 5. The van der Waals surface area contributed by atoms with E-state index in [1.54, 1.807) is 12.1 Å². The van der Waals surface area contributed by atoms with Gasteiger partial charge in [-0.1, -0.05) is 12.1 Å². The highest BCUT2D eigenvalue weighted by Crippen LogP contribution is 2.28. The number of anilines is 1. The summed E-state index contributed by atoms with van der Waals surface area (Å²) in [7, 11) is 0. The number of nitrogens with two attached hydrogens (primary N) is 1. The lowest BCUT2D eigenvalue weighted by Gasteiger charge is -2.09. The van der Waals surface area contributed by atoms with Crippen molar-refractivity contribution in [2.75, 3.05) is 5.73 Å². The molecule has 0 radical (unpaired) electrons. The van der Waals surface area contributed by atoms with Gasteiger partial charge in [0.1, 0.15) is 22.9 Å². The molecule has 6 nitrogen and oxygen atoms in total. The Morgan fingerprint density at radius 3 is 2.61 bits per heavy atom. The van der Waals surface area contributed by atoms with Crippen LogP contribution in [0.5, 0.6) is 0 Å². The SMILES string of the molecule is CCCc1nc2c(N)nc(C)c(C)c2n1Cc1cc(-c2ccc(F)cc2)no1. The van der Waals surface area contributed by atoms with E-state index >= 15 is 0 Å². The minimum absolute atomic E-state index is 0.279. The molecule has 3 aromatic heterocycles. The largest absolute Gasteiger partial charge is 0.382 e. The molecular formula is C21H22FN5O. The highest BCUT2D eigenvalue weighted by molar-refractivity contribution is 5.88. The Morgan fingerprint density at radius 1 is 1.14 bits per heavy atom. The number of hydrogen-bond donors (Lipinski definition) is 1. The van der Waals surface area contributed by atoms with Crippen LogP contribution in [0.2, 0.25) is 0 Å². The second-order valence-corrected chi connectivity index (χ2v) is 6.95. The van der Waals surface area contributed by atoms with Crippen molar-refractivity contribution in [3.8, 4) is 11.3 Å². The molecule has 7 heteroatoms. The number of aryl methyl sites for hydroxylation is 3. The number of nitrogens with zero attached hydrogens (tertiary/aromatic N) is 4. The van der Waals surface area contributed by atoms with Gasteiger partial charge in [0, 0.05) is 23.7 Å². The smallest absolute Gasteiger partial charge is 0.157 e. The number of imidazole rings is 1. The summed E-state index contributed by atoms with van der Waals surface area (Å²) in [6, 6.07) is 8.07. The van der Waals surface area contributed by atoms with E-state index in [-0.39, 0.29) is 5.82 Å². The average molecular weight is 379 g/mol. The second kappa shape index (κ2) is 7.07. The Hall–Kier alpha value is -3.22. The molecule has 0 bridgehead atoms. The molecule has 0 aliphatic heterocycles. The predicted molar refractivity (Wildman–Crippen MR) is 106 cm³/mol. The Kier molecular flexibility index (Phi) is 4.58. The van der Waals surface area contributed by atoms with Crippen LogP contribution in [0.1, 0.15) is 36.2 Å². The zero-order valence-corrected chi connectivity index (χ0v) is 16.2. The van der Waals surface area contributed by atoms with Gasteiger partial charge in [-0.25, -0.2) is 14.4 Å². The highest BCUT2D eigenvalue weighted by atomic mass is 19.1.